The van der Waals surface area contributed by atoms with E-state index in [4.69, 9.17) is 11.6 Å². The number of anilines is 1. The maximum Gasteiger partial charge on any atom is 0.164 e. The van der Waals surface area contributed by atoms with E-state index < -0.39 is 0 Å². The minimum Gasteiger partial charge on any atom is -0.382 e. The zero-order valence-electron chi connectivity index (χ0n) is 10.2. The minimum absolute atomic E-state index is 0.187. The molecule has 1 saturated carbocycles. The summed E-state index contributed by atoms with van der Waals surface area (Å²) in [5.74, 6) is 1.19. The van der Waals surface area contributed by atoms with Crippen LogP contribution in [0.4, 0.5) is 10.1 Å². The zero-order chi connectivity index (χ0) is 12.3. The fraction of sp³-hybridized carbons (Fsp3) is 0.571. The van der Waals surface area contributed by atoms with Gasteiger partial charge < -0.3 is 5.32 Å². The summed E-state index contributed by atoms with van der Waals surface area (Å²) in [6.07, 6.45) is 5.08. The van der Waals surface area contributed by atoms with E-state index in [0.717, 1.165) is 12.5 Å². The van der Waals surface area contributed by atoms with Crippen LogP contribution in [0.3, 0.4) is 0 Å². The lowest BCUT2D eigenvalue weighted by atomic mass is 9.83. The van der Waals surface area contributed by atoms with E-state index in [1.807, 2.05) is 0 Å². The largest absolute Gasteiger partial charge is 0.382 e. The molecule has 1 aliphatic carbocycles. The second kappa shape index (κ2) is 5.72. The summed E-state index contributed by atoms with van der Waals surface area (Å²) in [7, 11) is 0. The van der Waals surface area contributed by atoms with Gasteiger partial charge in [0.1, 0.15) is 0 Å². The second-order valence-electron chi connectivity index (χ2n) is 5.11. The summed E-state index contributed by atoms with van der Waals surface area (Å²) in [6, 6.07) is 5.09. The Kier molecular flexibility index (Phi) is 4.27. The molecule has 94 valence electrons. The van der Waals surface area contributed by atoms with Crippen LogP contribution in [0.25, 0.3) is 0 Å². The van der Waals surface area contributed by atoms with E-state index >= 15 is 0 Å². The van der Waals surface area contributed by atoms with Crippen molar-refractivity contribution >= 4 is 17.3 Å². The lowest BCUT2D eigenvalue weighted by Gasteiger charge is -2.26. The van der Waals surface area contributed by atoms with E-state index in [1.165, 1.54) is 25.7 Å². The number of hydrogen-bond donors (Lipinski definition) is 1. The third-order valence-electron chi connectivity index (χ3n) is 3.67. The van der Waals surface area contributed by atoms with Gasteiger partial charge in [0.2, 0.25) is 0 Å². The molecule has 0 amide bonds. The average molecular weight is 256 g/mol. The van der Waals surface area contributed by atoms with E-state index in [2.05, 4.69) is 12.2 Å². The monoisotopic (exact) mass is 255 g/mol. The normalized spacial score (nSPS) is 24.6. The highest BCUT2D eigenvalue weighted by Crippen LogP contribution is 2.29. The van der Waals surface area contributed by atoms with Gasteiger partial charge in [-0.2, -0.15) is 0 Å². The van der Waals surface area contributed by atoms with Crippen molar-refractivity contribution in [2.24, 2.45) is 11.8 Å². The predicted molar refractivity (Wildman–Crippen MR) is 71.0 cm³/mol. The van der Waals surface area contributed by atoms with E-state index in [0.29, 0.717) is 11.6 Å². The molecule has 0 aliphatic heterocycles. The van der Waals surface area contributed by atoms with Crippen LogP contribution in [0.1, 0.15) is 32.6 Å². The van der Waals surface area contributed by atoms with Gasteiger partial charge >= 0.3 is 0 Å². The third kappa shape index (κ3) is 3.35. The van der Waals surface area contributed by atoms with Gasteiger partial charge in [-0.15, -0.1) is 0 Å². The smallest absolute Gasteiger partial charge is 0.164 e. The summed E-state index contributed by atoms with van der Waals surface area (Å²) in [6.45, 7) is 3.16. The Bertz CT molecular complexity index is 372. The van der Waals surface area contributed by atoms with Crippen LogP contribution >= 0.6 is 11.6 Å². The van der Waals surface area contributed by atoms with Crippen molar-refractivity contribution in [3.8, 4) is 0 Å². The maximum absolute atomic E-state index is 13.6. The van der Waals surface area contributed by atoms with Crippen LogP contribution in [0.15, 0.2) is 18.2 Å². The molecule has 3 heteroatoms. The zero-order valence-corrected chi connectivity index (χ0v) is 10.9. The Labute approximate surface area is 107 Å². The second-order valence-corrected chi connectivity index (χ2v) is 5.52. The summed E-state index contributed by atoms with van der Waals surface area (Å²) in [5, 5.41) is 3.37. The molecule has 2 rings (SSSR count). The van der Waals surface area contributed by atoms with Gasteiger partial charge in [0.25, 0.3) is 0 Å². The minimum atomic E-state index is -0.335. The highest BCUT2D eigenvalue weighted by Gasteiger charge is 2.18. The van der Waals surface area contributed by atoms with E-state index in [9.17, 15) is 4.39 Å². The van der Waals surface area contributed by atoms with Gasteiger partial charge in [0.05, 0.1) is 10.7 Å². The lowest BCUT2D eigenvalue weighted by Crippen LogP contribution is -2.20. The van der Waals surface area contributed by atoms with Crippen molar-refractivity contribution in [1.29, 1.82) is 0 Å². The Morgan fingerprint density at radius 1 is 1.29 bits per heavy atom. The predicted octanol–water partition coefficient (Wildman–Crippen LogP) is 4.72. The number of hydrogen-bond acceptors (Lipinski definition) is 1. The first-order valence-electron chi connectivity index (χ1n) is 6.34. The van der Waals surface area contributed by atoms with Gasteiger partial charge in [0.15, 0.2) is 5.82 Å². The average Bonchev–Trinajstić information content (AvgIpc) is 2.33. The van der Waals surface area contributed by atoms with Crippen LogP contribution in [0, 0.1) is 17.7 Å². The highest BCUT2D eigenvalue weighted by molar-refractivity contribution is 6.31. The van der Waals surface area contributed by atoms with Crippen molar-refractivity contribution in [3.05, 3.63) is 29.0 Å². The molecule has 0 atom stereocenters. The Morgan fingerprint density at radius 2 is 2.00 bits per heavy atom. The first kappa shape index (κ1) is 12.7. The number of rotatable bonds is 3. The number of nitrogens with one attached hydrogen (secondary N) is 1. The van der Waals surface area contributed by atoms with Crippen molar-refractivity contribution < 1.29 is 4.39 Å². The molecule has 1 N–H and O–H groups in total. The van der Waals surface area contributed by atoms with Gasteiger partial charge in [-0.25, -0.2) is 4.39 Å². The molecule has 1 aromatic rings. The molecule has 1 aromatic carbocycles. The maximum atomic E-state index is 13.6. The standard InChI is InChI=1S/C14H19ClFN/c1-10-5-7-11(8-6-10)9-17-13-4-2-3-12(15)14(13)16/h2-4,10-11,17H,5-9H2,1H3. The first-order chi connectivity index (χ1) is 8.16. The molecule has 0 aromatic heterocycles. The van der Waals surface area contributed by atoms with Gasteiger partial charge in [0, 0.05) is 6.54 Å². The molecule has 1 nitrogen and oxygen atoms in total. The molecule has 0 unspecified atom stereocenters. The third-order valence-corrected chi connectivity index (χ3v) is 3.96. The number of halogens is 2. The van der Waals surface area contributed by atoms with Gasteiger partial charge in [-0.3, -0.25) is 0 Å². The highest BCUT2D eigenvalue weighted by atomic mass is 35.5. The first-order valence-corrected chi connectivity index (χ1v) is 6.72. The van der Waals surface area contributed by atoms with E-state index in [1.54, 1.807) is 18.2 Å². The SMILES string of the molecule is CC1CCC(CNc2cccc(Cl)c2F)CC1. The Morgan fingerprint density at radius 3 is 2.71 bits per heavy atom. The van der Waals surface area contributed by atoms with Crippen LogP contribution in [0.5, 0.6) is 0 Å². The van der Waals surface area contributed by atoms with Gasteiger partial charge in [-0.05, 0) is 36.8 Å². The molecule has 1 aliphatic rings. The van der Waals surface area contributed by atoms with Gasteiger partial charge in [-0.1, -0.05) is 37.4 Å². The molecule has 17 heavy (non-hydrogen) atoms. The van der Waals surface area contributed by atoms with Crippen molar-refractivity contribution in [2.75, 3.05) is 11.9 Å². The van der Waals surface area contributed by atoms with Crippen LogP contribution < -0.4 is 5.32 Å². The number of benzene rings is 1. The quantitative estimate of drug-likeness (QED) is 0.824. The molecule has 0 heterocycles. The molecule has 0 saturated heterocycles. The topological polar surface area (TPSA) is 12.0 Å². The molecular weight excluding hydrogens is 237 g/mol. The molecule has 0 radical (unpaired) electrons. The Balaban J connectivity index is 1.87. The van der Waals surface area contributed by atoms with Crippen LogP contribution in [-0.4, -0.2) is 6.54 Å². The molecule has 0 bridgehead atoms. The fourth-order valence-electron chi connectivity index (χ4n) is 2.43. The summed E-state index contributed by atoms with van der Waals surface area (Å²) in [5.41, 5.74) is 0.524. The van der Waals surface area contributed by atoms with Crippen molar-refractivity contribution in [2.45, 2.75) is 32.6 Å². The fourth-order valence-corrected chi connectivity index (χ4v) is 2.60. The van der Waals surface area contributed by atoms with Crippen molar-refractivity contribution in [3.63, 3.8) is 0 Å². The summed E-state index contributed by atoms with van der Waals surface area (Å²) < 4.78 is 13.6. The van der Waals surface area contributed by atoms with E-state index in [-0.39, 0.29) is 10.8 Å². The van der Waals surface area contributed by atoms with Crippen molar-refractivity contribution in [1.82, 2.24) is 0 Å². The molecular formula is C14H19ClFN. The summed E-state index contributed by atoms with van der Waals surface area (Å²) in [4.78, 5) is 0. The molecule has 0 spiro atoms. The summed E-state index contributed by atoms with van der Waals surface area (Å²) >= 11 is 5.74. The van der Waals surface area contributed by atoms with Crippen LogP contribution in [0.2, 0.25) is 5.02 Å². The lowest BCUT2D eigenvalue weighted by molar-refractivity contribution is 0.300. The molecule has 1 fully saturated rings. The Hall–Kier alpha value is -0.760. The van der Waals surface area contributed by atoms with Crippen LogP contribution in [-0.2, 0) is 0 Å².